The summed E-state index contributed by atoms with van der Waals surface area (Å²) in [6.07, 6.45) is 1.75. The van der Waals surface area contributed by atoms with Crippen LogP contribution in [-0.2, 0) is 6.54 Å². The third-order valence-corrected chi connectivity index (χ3v) is 2.63. The van der Waals surface area contributed by atoms with Crippen LogP contribution in [0.3, 0.4) is 0 Å². The van der Waals surface area contributed by atoms with Gasteiger partial charge in [0.2, 0.25) is 5.88 Å². The summed E-state index contributed by atoms with van der Waals surface area (Å²) in [7, 11) is 1.58. The summed E-state index contributed by atoms with van der Waals surface area (Å²) < 4.78 is 5.00. The highest BCUT2D eigenvalue weighted by molar-refractivity contribution is 5.88. The molecule has 2 aromatic rings. The molecule has 6 nitrogen and oxygen atoms in total. The second-order valence-electron chi connectivity index (χ2n) is 4.13. The van der Waals surface area contributed by atoms with E-state index in [9.17, 15) is 4.79 Å². The molecule has 2 amide bonds. The molecule has 20 heavy (non-hydrogen) atoms. The maximum Gasteiger partial charge on any atom is 0.316 e. The molecule has 4 N–H and O–H groups in total. The first-order valence-electron chi connectivity index (χ1n) is 6.06. The smallest absolute Gasteiger partial charge is 0.316 e. The summed E-state index contributed by atoms with van der Waals surface area (Å²) in [5.41, 5.74) is 7.63. The minimum Gasteiger partial charge on any atom is -0.481 e. The van der Waals surface area contributed by atoms with E-state index in [1.54, 1.807) is 19.4 Å². The number of nitrogens with two attached hydrogens (primary N) is 1. The zero-order valence-electron chi connectivity index (χ0n) is 11.1. The molecule has 2 rings (SSSR count). The normalized spacial score (nSPS) is 9.85. The summed E-state index contributed by atoms with van der Waals surface area (Å²) in [5, 5.41) is 5.77. The van der Waals surface area contributed by atoms with Gasteiger partial charge in [0.05, 0.1) is 7.11 Å². The van der Waals surface area contributed by atoms with Crippen molar-refractivity contribution in [3.63, 3.8) is 0 Å². The molecule has 0 bridgehead atoms. The van der Waals surface area contributed by atoms with Crippen molar-refractivity contribution in [1.82, 2.24) is 4.98 Å². The van der Waals surface area contributed by atoms with Crippen molar-refractivity contribution in [2.24, 2.45) is 5.73 Å². The van der Waals surface area contributed by atoms with Gasteiger partial charge in [0.1, 0.15) is 0 Å². The maximum absolute atomic E-state index is 10.8. The van der Waals surface area contributed by atoms with Crippen LogP contribution in [0.15, 0.2) is 42.6 Å². The molecule has 1 aromatic carbocycles. The summed E-state index contributed by atoms with van der Waals surface area (Å²) in [6, 6.07) is 10.5. The second kappa shape index (κ2) is 6.42. The highest BCUT2D eigenvalue weighted by Gasteiger charge is 1.99. The fraction of sp³-hybridized carbons (Fsp3) is 0.143. The highest BCUT2D eigenvalue weighted by atomic mass is 16.5. The van der Waals surface area contributed by atoms with Crippen molar-refractivity contribution in [2.75, 3.05) is 17.7 Å². The van der Waals surface area contributed by atoms with Gasteiger partial charge < -0.3 is 21.1 Å². The molecule has 0 aliphatic rings. The number of ether oxygens (including phenoxy) is 1. The van der Waals surface area contributed by atoms with E-state index in [0.29, 0.717) is 18.1 Å². The number of benzene rings is 1. The molecular formula is C14H16N4O2. The zero-order valence-corrected chi connectivity index (χ0v) is 11.1. The van der Waals surface area contributed by atoms with Crippen molar-refractivity contribution in [2.45, 2.75) is 6.54 Å². The molecule has 0 fully saturated rings. The van der Waals surface area contributed by atoms with Crippen LogP contribution in [0.5, 0.6) is 5.88 Å². The number of pyridine rings is 1. The number of nitrogens with one attached hydrogen (secondary N) is 2. The van der Waals surface area contributed by atoms with Gasteiger partial charge in [0, 0.05) is 30.2 Å². The molecule has 6 heteroatoms. The number of urea groups is 1. The molecule has 0 radical (unpaired) electrons. The standard InChI is InChI=1S/C14H16N4O2/c1-20-13-6-5-10(9-17-13)8-16-11-3-2-4-12(7-11)18-14(15)19/h2-7,9,16H,8H2,1H3,(H3,15,18,19). The lowest BCUT2D eigenvalue weighted by Gasteiger charge is -2.09. The Kier molecular flexibility index (Phi) is 4.39. The van der Waals surface area contributed by atoms with E-state index < -0.39 is 6.03 Å². The first kappa shape index (κ1) is 13.7. The number of nitrogens with zero attached hydrogens (tertiary/aromatic N) is 1. The van der Waals surface area contributed by atoms with Crippen LogP contribution >= 0.6 is 0 Å². The fourth-order valence-electron chi connectivity index (χ4n) is 1.69. The number of rotatable bonds is 5. The quantitative estimate of drug-likeness (QED) is 0.778. The Morgan fingerprint density at radius 1 is 1.30 bits per heavy atom. The van der Waals surface area contributed by atoms with Gasteiger partial charge in [0.25, 0.3) is 0 Å². The largest absolute Gasteiger partial charge is 0.481 e. The van der Waals surface area contributed by atoms with Crippen LogP contribution in [0.4, 0.5) is 16.2 Å². The third-order valence-electron chi connectivity index (χ3n) is 2.63. The Hall–Kier alpha value is -2.76. The third kappa shape index (κ3) is 3.88. The molecule has 0 saturated heterocycles. The fourth-order valence-corrected chi connectivity index (χ4v) is 1.69. The van der Waals surface area contributed by atoms with Crippen molar-refractivity contribution in [3.05, 3.63) is 48.2 Å². The number of carbonyl (C=O) groups excluding carboxylic acids is 1. The molecule has 0 unspecified atom stereocenters. The monoisotopic (exact) mass is 272 g/mol. The van der Waals surface area contributed by atoms with Crippen LogP contribution in [-0.4, -0.2) is 18.1 Å². The predicted octanol–water partition coefficient (Wildman–Crippen LogP) is 2.19. The predicted molar refractivity (Wildman–Crippen MR) is 77.8 cm³/mol. The lowest BCUT2D eigenvalue weighted by Crippen LogP contribution is -2.19. The van der Waals surface area contributed by atoms with Gasteiger partial charge >= 0.3 is 6.03 Å². The molecule has 0 aliphatic carbocycles. The van der Waals surface area contributed by atoms with E-state index >= 15 is 0 Å². The summed E-state index contributed by atoms with van der Waals surface area (Å²) >= 11 is 0. The Labute approximate surface area is 117 Å². The lowest BCUT2D eigenvalue weighted by atomic mass is 10.2. The van der Waals surface area contributed by atoms with Gasteiger partial charge in [-0.1, -0.05) is 12.1 Å². The highest BCUT2D eigenvalue weighted by Crippen LogP contribution is 2.16. The van der Waals surface area contributed by atoms with E-state index in [1.807, 2.05) is 30.3 Å². The van der Waals surface area contributed by atoms with E-state index in [2.05, 4.69) is 15.6 Å². The van der Waals surface area contributed by atoms with Gasteiger partial charge in [-0.25, -0.2) is 9.78 Å². The molecule has 0 atom stereocenters. The molecule has 1 heterocycles. The molecule has 1 aromatic heterocycles. The first-order valence-corrected chi connectivity index (χ1v) is 6.06. The van der Waals surface area contributed by atoms with Crippen molar-refractivity contribution in [3.8, 4) is 5.88 Å². The topological polar surface area (TPSA) is 89.3 Å². The average molecular weight is 272 g/mol. The van der Waals surface area contributed by atoms with E-state index in [4.69, 9.17) is 10.5 Å². The summed E-state index contributed by atoms with van der Waals surface area (Å²) in [6.45, 7) is 0.622. The van der Waals surface area contributed by atoms with Crippen LogP contribution in [0, 0.1) is 0 Å². The van der Waals surface area contributed by atoms with Gasteiger partial charge in [-0.3, -0.25) is 0 Å². The molecule has 0 spiro atoms. The first-order chi connectivity index (χ1) is 9.67. The molecular weight excluding hydrogens is 256 g/mol. The van der Waals surface area contributed by atoms with Crippen LogP contribution < -0.4 is 21.1 Å². The number of hydrogen-bond acceptors (Lipinski definition) is 4. The van der Waals surface area contributed by atoms with E-state index in [1.165, 1.54) is 0 Å². The van der Waals surface area contributed by atoms with Gasteiger partial charge in [-0.2, -0.15) is 0 Å². The van der Waals surface area contributed by atoms with Crippen molar-refractivity contribution >= 4 is 17.4 Å². The lowest BCUT2D eigenvalue weighted by molar-refractivity contribution is 0.259. The Morgan fingerprint density at radius 3 is 2.75 bits per heavy atom. The Morgan fingerprint density at radius 2 is 2.10 bits per heavy atom. The number of methoxy groups -OCH3 is 1. The molecule has 0 aliphatic heterocycles. The van der Waals surface area contributed by atoms with E-state index in [-0.39, 0.29) is 0 Å². The zero-order chi connectivity index (χ0) is 14.4. The number of amides is 2. The second-order valence-corrected chi connectivity index (χ2v) is 4.13. The number of hydrogen-bond donors (Lipinski definition) is 3. The SMILES string of the molecule is COc1ccc(CNc2cccc(NC(N)=O)c2)cn1. The minimum absolute atomic E-state index is 0.582. The number of anilines is 2. The van der Waals surface area contributed by atoms with Crippen LogP contribution in [0.2, 0.25) is 0 Å². The van der Waals surface area contributed by atoms with Gasteiger partial charge in [-0.15, -0.1) is 0 Å². The van der Waals surface area contributed by atoms with Gasteiger partial charge in [0.15, 0.2) is 0 Å². The Balaban J connectivity index is 1.97. The Bertz CT molecular complexity index is 584. The van der Waals surface area contributed by atoms with Crippen LogP contribution in [0.25, 0.3) is 0 Å². The number of primary amides is 1. The summed E-state index contributed by atoms with van der Waals surface area (Å²) in [4.78, 5) is 14.9. The average Bonchev–Trinajstić information content (AvgIpc) is 2.45. The minimum atomic E-state index is -0.582. The van der Waals surface area contributed by atoms with Gasteiger partial charge in [-0.05, 0) is 23.8 Å². The van der Waals surface area contributed by atoms with E-state index in [0.717, 1.165) is 11.3 Å². The number of carbonyl (C=O) groups is 1. The van der Waals surface area contributed by atoms with Crippen molar-refractivity contribution in [1.29, 1.82) is 0 Å². The number of aromatic nitrogens is 1. The van der Waals surface area contributed by atoms with Crippen LogP contribution in [0.1, 0.15) is 5.56 Å². The molecule has 104 valence electrons. The van der Waals surface area contributed by atoms with Crippen molar-refractivity contribution < 1.29 is 9.53 Å². The summed E-state index contributed by atoms with van der Waals surface area (Å²) in [5.74, 6) is 0.585. The molecule has 0 saturated carbocycles. The maximum atomic E-state index is 10.8.